The fourth-order valence-corrected chi connectivity index (χ4v) is 5.35. The van der Waals surface area contributed by atoms with Crippen molar-refractivity contribution < 1.29 is 29.3 Å². The molecule has 2 aromatic rings. The van der Waals surface area contributed by atoms with Gasteiger partial charge in [0.15, 0.2) is 0 Å². The average Bonchev–Trinajstić information content (AvgIpc) is 3.06. The van der Waals surface area contributed by atoms with E-state index in [0.717, 1.165) is 30.3 Å². The van der Waals surface area contributed by atoms with E-state index >= 15 is 0 Å². The largest absolute Gasteiger partial charge is 0.494 e. The third-order valence-corrected chi connectivity index (χ3v) is 8.22. The van der Waals surface area contributed by atoms with Crippen LogP contribution in [0.25, 0.3) is 0 Å². The van der Waals surface area contributed by atoms with Crippen LogP contribution in [-0.4, -0.2) is 35.4 Å². The molecule has 0 radical (unpaired) electrons. The Bertz CT molecular complexity index is 992. The molecule has 2 bridgehead atoms. The number of carboxylic acid groups (broad SMARTS) is 2. The van der Waals surface area contributed by atoms with E-state index in [1.165, 1.54) is 96.3 Å². The minimum Gasteiger partial charge on any atom is -0.494 e. The molecule has 0 amide bonds. The molecular weight excluding hydrogens is 552 g/mol. The molecule has 1 fully saturated rings. The highest BCUT2D eigenvalue weighted by molar-refractivity contribution is 5.88. The average molecular weight is 609 g/mol. The Kier molecular flexibility index (Phi) is 19.4. The minimum atomic E-state index is -0.905. The van der Waals surface area contributed by atoms with Crippen molar-refractivity contribution in [3.63, 3.8) is 0 Å². The predicted octanol–water partition coefficient (Wildman–Crippen LogP) is 10.8. The first kappa shape index (κ1) is 36.9. The molecular formula is C38H56O6. The zero-order valence-electron chi connectivity index (χ0n) is 27.2. The number of aromatic carboxylic acids is 2. The lowest BCUT2D eigenvalue weighted by Gasteiger charge is -2.28. The number of hydrogen-bond acceptors (Lipinski definition) is 4. The van der Waals surface area contributed by atoms with Crippen LogP contribution in [0.3, 0.4) is 0 Å². The van der Waals surface area contributed by atoms with Gasteiger partial charge >= 0.3 is 11.9 Å². The highest BCUT2D eigenvalue weighted by Crippen LogP contribution is 2.36. The molecule has 6 nitrogen and oxygen atoms in total. The van der Waals surface area contributed by atoms with Gasteiger partial charge in [0.1, 0.15) is 11.5 Å². The Morgan fingerprint density at radius 2 is 1.00 bits per heavy atom. The monoisotopic (exact) mass is 608 g/mol. The Morgan fingerprint density at radius 1 is 0.614 bits per heavy atom. The van der Waals surface area contributed by atoms with Gasteiger partial charge in [0, 0.05) is 0 Å². The SMILES string of the molecule is C1=C2CCC(C1)CC2.CCCCCCCCOc1ccc(C(=O)O)cc1.CCCCCCCCOc1ccc(C(=O)O)cc1. The van der Waals surface area contributed by atoms with Crippen LogP contribution in [0.5, 0.6) is 11.5 Å². The lowest BCUT2D eigenvalue weighted by molar-refractivity contribution is 0.0686. The molecule has 2 N–H and O–H groups in total. The van der Waals surface area contributed by atoms with Gasteiger partial charge in [-0.3, -0.25) is 0 Å². The van der Waals surface area contributed by atoms with Gasteiger partial charge < -0.3 is 19.7 Å². The van der Waals surface area contributed by atoms with Crippen molar-refractivity contribution >= 4 is 11.9 Å². The third-order valence-electron chi connectivity index (χ3n) is 8.22. The van der Waals surface area contributed by atoms with Gasteiger partial charge in [-0.1, -0.05) is 89.7 Å². The van der Waals surface area contributed by atoms with Crippen LogP contribution in [0.15, 0.2) is 60.2 Å². The number of allylic oxidation sites excluding steroid dienone is 2. The summed E-state index contributed by atoms with van der Waals surface area (Å²) < 4.78 is 11.1. The smallest absolute Gasteiger partial charge is 0.335 e. The topological polar surface area (TPSA) is 93.1 Å². The quantitative estimate of drug-likeness (QED) is 0.129. The van der Waals surface area contributed by atoms with Gasteiger partial charge in [0.2, 0.25) is 0 Å². The zero-order valence-corrected chi connectivity index (χ0v) is 27.2. The van der Waals surface area contributed by atoms with Crippen molar-refractivity contribution in [3.05, 3.63) is 71.3 Å². The van der Waals surface area contributed by atoms with Gasteiger partial charge in [-0.25, -0.2) is 9.59 Å². The highest BCUT2D eigenvalue weighted by Gasteiger charge is 2.19. The molecule has 6 heteroatoms. The van der Waals surface area contributed by atoms with Crippen molar-refractivity contribution in [2.24, 2.45) is 5.92 Å². The van der Waals surface area contributed by atoms with E-state index in [-0.39, 0.29) is 0 Å². The normalized spacial score (nSPS) is 13.5. The Hall–Kier alpha value is -3.28. The molecule has 0 aromatic heterocycles. The molecule has 3 aliphatic rings. The van der Waals surface area contributed by atoms with Crippen molar-refractivity contribution in [2.45, 2.75) is 123 Å². The second kappa shape index (κ2) is 23.1. The lowest BCUT2D eigenvalue weighted by atomic mass is 9.78. The molecule has 0 unspecified atom stereocenters. The van der Waals surface area contributed by atoms with Crippen LogP contribution in [0.1, 0.15) is 144 Å². The van der Waals surface area contributed by atoms with Crippen molar-refractivity contribution in [1.82, 2.24) is 0 Å². The van der Waals surface area contributed by atoms with Crippen LogP contribution in [0.2, 0.25) is 0 Å². The summed E-state index contributed by atoms with van der Waals surface area (Å²) in [5.41, 5.74) is 2.33. The first-order valence-corrected chi connectivity index (χ1v) is 17.0. The molecule has 0 spiro atoms. The van der Waals surface area contributed by atoms with E-state index < -0.39 is 11.9 Å². The number of fused-ring (bicyclic) bond motifs is 3. The van der Waals surface area contributed by atoms with Crippen LogP contribution in [-0.2, 0) is 0 Å². The maximum atomic E-state index is 10.7. The number of carbonyl (C=O) groups is 2. The van der Waals surface area contributed by atoms with Crippen molar-refractivity contribution in [3.8, 4) is 11.5 Å². The van der Waals surface area contributed by atoms with Crippen molar-refractivity contribution in [2.75, 3.05) is 13.2 Å². The second-order valence-corrected chi connectivity index (χ2v) is 11.9. The van der Waals surface area contributed by atoms with E-state index in [1.807, 2.05) is 0 Å². The Labute approximate surface area is 265 Å². The van der Waals surface area contributed by atoms with E-state index in [9.17, 15) is 9.59 Å². The van der Waals surface area contributed by atoms with Crippen LogP contribution in [0, 0.1) is 5.92 Å². The predicted molar refractivity (Wildman–Crippen MR) is 179 cm³/mol. The first-order valence-electron chi connectivity index (χ1n) is 17.0. The fourth-order valence-electron chi connectivity index (χ4n) is 5.35. The molecule has 0 saturated heterocycles. The molecule has 5 rings (SSSR count). The van der Waals surface area contributed by atoms with E-state index in [2.05, 4.69) is 19.9 Å². The molecule has 0 heterocycles. The minimum absolute atomic E-state index is 0.293. The van der Waals surface area contributed by atoms with E-state index in [4.69, 9.17) is 19.7 Å². The summed E-state index contributed by atoms with van der Waals surface area (Å²) in [4.78, 5) is 21.3. The molecule has 44 heavy (non-hydrogen) atoms. The number of ether oxygens (including phenoxy) is 2. The Morgan fingerprint density at radius 3 is 1.27 bits per heavy atom. The maximum Gasteiger partial charge on any atom is 0.335 e. The summed E-state index contributed by atoms with van der Waals surface area (Å²) in [6, 6.07) is 13.1. The highest BCUT2D eigenvalue weighted by atomic mass is 16.5. The van der Waals surface area contributed by atoms with E-state index in [0.29, 0.717) is 24.3 Å². The van der Waals surface area contributed by atoms with Crippen LogP contribution < -0.4 is 9.47 Å². The number of rotatable bonds is 18. The third kappa shape index (κ3) is 16.5. The van der Waals surface area contributed by atoms with Gasteiger partial charge in [-0.05, 0) is 99.4 Å². The van der Waals surface area contributed by atoms with Gasteiger partial charge in [0.05, 0.1) is 24.3 Å². The Balaban J connectivity index is 0.000000245. The number of benzene rings is 2. The maximum absolute atomic E-state index is 10.7. The summed E-state index contributed by atoms with van der Waals surface area (Å²) in [7, 11) is 0. The summed E-state index contributed by atoms with van der Waals surface area (Å²) >= 11 is 0. The summed E-state index contributed by atoms with van der Waals surface area (Å²) in [6.07, 6.45) is 24.5. The van der Waals surface area contributed by atoms with Crippen molar-refractivity contribution in [1.29, 1.82) is 0 Å². The van der Waals surface area contributed by atoms with Gasteiger partial charge in [-0.2, -0.15) is 0 Å². The van der Waals surface area contributed by atoms with Gasteiger partial charge in [-0.15, -0.1) is 0 Å². The molecule has 244 valence electrons. The summed E-state index contributed by atoms with van der Waals surface area (Å²) in [5, 5.41) is 17.5. The molecule has 2 aromatic carbocycles. The number of carboxylic acids is 2. The summed E-state index contributed by atoms with van der Waals surface area (Å²) in [6.45, 7) is 5.84. The molecule has 1 saturated carbocycles. The molecule has 0 atom stereocenters. The summed E-state index contributed by atoms with van der Waals surface area (Å²) in [5.74, 6) is 0.754. The second-order valence-electron chi connectivity index (χ2n) is 11.9. The van der Waals surface area contributed by atoms with Gasteiger partial charge in [0.25, 0.3) is 0 Å². The lowest BCUT2D eigenvalue weighted by Crippen LogP contribution is -2.12. The van der Waals surface area contributed by atoms with Crippen LogP contribution in [0.4, 0.5) is 0 Å². The first-order chi connectivity index (χ1) is 21.4. The molecule has 0 aliphatic heterocycles. The standard InChI is InChI=1S/2C15H22O3.C8H12/c2*1-2-3-4-5-6-7-12-18-14-10-8-13(9-11-14)15(16)17;1-2-8-5-3-7(1)4-6-8/h2*8-11H,2-7,12H2,1H3,(H,16,17);1,8H,2-6H2. The van der Waals surface area contributed by atoms with Crippen LogP contribution >= 0.6 is 0 Å². The van der Waals surface area contributed by atoms with E-state index in [1.54, 1.807) is 54.1 Å². The number of unbranched alkanes of at least 4 members (excludes halogenated alkanes) is 10. The zero-order chi connectivity index (χ0) is 31.8. The molecule has 3 aliphatic carbocycles. The fraction of sp³-hybridized carbons (Fsp3) is 0.579. The number of hydrogen-bond donors (Lipinski definition) is 2.